The molecule has 3 rings (SSSR count). The first-order chi connectivity index (χ1) is 11.7. The SMILES string of the molecule is CCOC(=O)CN=C(c1ccc(C)cc1)n1nnc2ccccc21. The summed E-state index contributed by atoms with van der Waals surface area (Å²) in [6.07, 6.45) is 0. The van der Waals surface area contributed by atoms with Crippen LogP contribution in [-0.4, -0.2) is 40.0 Å². The van der Waals surface area contributed by atoms with E-state index in [1.807, 2.05) is 55.5 Å². The number of fused-ring (bicyclic) bond motifs is 1. The van der Waals surface area contributed by atoms with E-state index in [2.05, 4.69) is 15.3 Å². The molecule has 0 amide bonds. The second-order valence-electron chi connectivity index (χ2n) is 5.30. The molecule has 6 heteroatoms. The number of carbonyl (C=O) groups excluding carboxylic acids is 1. The lowest BCUT2D eigenvalue weighted by Gasteiger charge is -2.08. The maximum atomic E-state index is 11.7. The molecule has 0 unspecified atom stereocenters. The maximum Gasteiger partial charge on any atom is 0.327 e. The third-order valence-corrected chi connectivity index (χ3v) is 3.53. The highest BCUT2D eigenvalue weighted by Gasteiger charge is 2.13. The number of para-hydroxylation sites is 1. The summed E-state index contributed by atoms with van der Waals surface area (Å²) in [4.78, 5) is 16.1. The van der Waals surface area contributed by atoms with Gasteiger partial charge in [0.25, 0.3) is 0 Å². The molecule has 0 saturated heterocycles. The van der Waals surface area contributed by atoms with Gasteiger partial charge in [-0.25, -0.2) is 0 Å². The Labute approximate surface area is 139 Å². The van der Waals surface area contributed by atoms with Gasteiger partial charge in [-0.3, -0.25) is 9.79 Å². The molecule has 0 fully saturated rings. The van der Waals surface area contributed by atoms with Crippen molar-refractivity contribution in [2.75, 3.05) is 13.2 Å². The van der Waals surface area contributed by atoms with E-state index < -0.39 is 0 Å². The lowest BCUT2D eigenvalue weighted by Crippen LogP contribution is -2.18. The zero-order chi connectivity index (χ0) is 16.9. The third kappa shape index (κ3) is 3.32. The van der Waals surface area contributed by atoms with Crippen molar-refractivity contribution in [3.8, 4) is 0 Å². The summed E-state index contributed by atoms with van der Waals surface area (Å²) < 4.78 is 6.61. The fourth-order valence-electron chi connectivity index (χ4n) is 2.35. The number of nitrogens with zero attached hydrogens (tertiary/aromatic N) is 4. The molecule has 0 aliphatic heterocycles. The standard InChI is InChI=1S/C18H18N4O2/c1-3-24-17(23)12-19-18(14-10-8-13(2)9-11-14)22-16-7-5-4-6-15(16)20-21-22/h4-11H,3,12H2,1-2H3. The number of ether oxygens (including phenoxy) is 1. The molecule has 0 aliphatic rings. The first-order valence-electron chi connectivity index (χ1n) is 7.77. The van der Waals surface area contributed by atoms with Crippen LogP contribution in [0, 0.1) is 6.92 Å². The largest absolute Gasteiger partial charge is 0.465 e. The number of esters is 1. The summed E-state index contributed by atoms with van der Waals surface area (Å²) in [6.45, 7) is 4.06. The van der Waals surface area contributed by atoms with Gasteiger partial charge in [0.2, 0.25) is 0 Å². The van der Waals surface area contributed by atoms with Crippen LogP contribution in [0.3, 0.4) is 0 Å². The van der Waals surface area contributed by atoms with E-state index in [1.165, 1.54) is 0 Å². The highest BCUT2D eigenvalue weighted by Crippen LogP contribution is 2.14. The number of aliphatic imine (C=N–C) groups is 1. The summed E-state index contributed by atoms with van der Waals surface area (Å²) in [5, 5.41) is 8.36. The van der Waals surface area contributed by atoms with Crippen molar-refractivity contribution < 1.29 is 9.53 Å². The van der Waals surface area contributed by atoms with Crippen molar-refractivity contribution >= 4 is 22.8 Å². The molecule has 24 heavy (non-hydrogen) atoms. The van der Waals surface area contributed by atoms with Gasteiger partial charge in [-0.2, -0.15) is 4.68 Å². The van der Waals surface area contributed by atoms with E-state index in [0.717, 1.165) is 22.2 Å². The Kier molecular flexibility index (Phi) is 4.65. The number of carbonyl (C=O) groups is 1. The summed E-state index contributed by atoms with van der Waals surface area (Å²) >= 11 is 0. The van der Waals surface area contributed by atoms with Crippen molar-refractivity contribution in [1.82, 2.24) is 15.0 Å². The van der Waals surface area contributed by atoms with Crippen LogP contribution >= 0.6 is 0 Å². The topological polar surface area (TPSA) is 69.4 Å². The molecule has 2 aromatic carbocycles. The van der Waals surface area contributed by atoms with Crippen LogP contribution < -0.4 is 0 Å². The molecule has 0 bridgehead atoms. The second-order valence-corrected chi connectivity index (χ2v) is 5.30. The lowest BCUT2D eigenvalue weighted by molar-refractivity contribution is -0.141. The number of benzene rings is 2. The van der Waals surface area contributed by atoms with Gasteiger partial charge in [0.15, 0.2) is 5.84 Å². The highest BCUT2D eigenvalue weighted by atomic mass is 16.5. The van der Waals surface area contributed by atoms with Gasteiger partial charge in [-0.05, 0) is 26.0 Å². The van der Waals surface area contributed by atoms with E-state index in [-0.39, 0.29) is 12.5 Å². The van der Waals surface area contributed by atoms with Crippen molar-refractivity contribution in [3.63, 3.8) is 0 Å². The minimum absolute atomic E-state index is 0.0642. The predicted molar refractivity (Wildman–Crippen MR) is 92.1 cm³/mol. The van der Waals surface area contributed by atoms with Gasteiger partial charge in [0, 0.05) is 5.56 Å². The molecule has 0 radical (unpaired) electrons. The second kappa shape index (κ2) is 7.04. The predicted octanol–water partition coefficient (Wildman–Crippen LogP) is 2.60. The molecule has 122 valence electrons. The number of aromatic nitrogens is 3. The molecule has 6 nitrogen and oxygen atoms in total. The molecule has 3 aromatic rings. The van der Waals surface area contributed by atoms with Crippen LogP contribution in [0.15, 0.2) is 53.5 Å². The Hall–Kier alpha value is -3.02. The van der Waals surface area contributed by atoms with Crippen molar-refractivity contribution in [2.45, 2.75) is 13.8 Å². The monoisotopic (exact) mass is 322 g/mol. The number of hydrogen-bond acceptors (Lipinski definition) is 5. The van der Waals surface area contributed by atoms with E-state index >= 15 is 0 Å². The average molecular weight is 322 g/mol. The Bertz CT molecular complexity index is 881. The molecule has 1 aromatic heterocycles. The Balaban J connectivity index is 2.06. The number of rotatable bonds is 4. The zero-order valence-electron chi connectivity index (χ0n) is 13.6. The van der Waals surface area contributed by atoms with Crippen molar-refractivity contribution in [3.05, 3.63) is 59.7 Å². The van der Waals surface area contributed by atoms with Gasteiger partial charge in [-0.1, -0.05) is 47.2 Å². The molecule has 0 aliphatic carbocycles. The molecule has 0 atom stereocenters. The van der Waals surface area contributed by atoms with Gasteiger partial charge in [0.05, 0.1) is 12.1 Å². The minimum atomic E-state index is -0.369. The quantitative estimate of drug-likeness (QED) is 0.420. The first kappa shape index (κ1) is 15.9. The van der Waals surface area contributed by atoms with E-state index in [9.17, 15) is 4.79 Å². The lowest BCUT2D eigenvalue weighted by atomic mass is 10.1. The van der Waals surface area contributed by atoms with Gasteiger partial charge in [-0.15, -0.1) is 5.10 Å². The molecular weight excluding hydrogens is 304 g/mol. The maximum absolute atomic E-state index is 11.7. The van der Waals surface area contributed by atoms with Gasteiger partial charge < -0.3 is 4.74 Å². The summed E-state index contributed by atoms with van der Waals surface area (Å²) in [6, 6.07) is 15.5. The highest BCUT2D eigenvalue weighted by molar-refractivity contribution is 6.04. The molecule has 1 heterocycles. The van der Waals surface area contributed by atoms with Gasteiger partial charge in [0.1, 0.15) is 12.1 Å². The van der Waals surface area contributed by atoms with Crippen LogP contribution in [0.1, 0.15) is 18.1 Å². The Morgan fingerprint density at radius 3 is 2.67 bits per heavy atom. The van der Waals surface area contributed by atoms with Crippen LogP contribution in [0.5, 0.6) is 0 Å². The van der Waals surface area contributed by atoms with E-state index in [1.54, 1.807) is 11.6 Å². The molecule has 0 saturated carbocycles. The summed E-state index contributed by atoms with van der Waals surface area (Å²) in [7, 11) is 0. The fraction of sp³-hybridized carbons (Fsp3) is 0.222. The Morgan fingerprint density at radius 1 is 1.17 bits per heavy atom. The average Bonchev–Trinajstić information content (AvgIpc) is 3.01. The van der Waals surface area contributed by atoms with Crippen LogP contribution in [0.25, 0.3) is 11.0 Å². The minimum Gasteiger partial charge on any atom is -0.465 e. The molecule has 0 spiro atoms. The van der Waals surface area contributed by atoms with Crippen LogP contribution in [0.2, 0.25) is 0 Å². The van der Waals surface area contributed by atoms with Crippen LogP contribution in [-0.2, 0) is 9.53 Å². The van der Waals surface area contributed by atoms with Crippen molar-refractivity contribution in [1.29, 1.82) is 0 Å². The van der Waals surface area contributed by atoms with E-state index in [4.69, 9.17) is 4.74 Å². The molecular formula is C18H18N4O2. The fourth-order valence-corrected chi connectivity index (χ4v) is 2.35. The number of aryl methyl sites for hydroxylation is 1. The first-order valence-corrected chi connectivity index (χ1v) is 7.77. The smallest absolute Gasteiger partial charge is 0.327 e. The normalized spacial score (nSPS) is 11.7. The zero-order valence-corrected chi connectivity index (χ0v) is 13.6. The summed E-state index contributed by atoms with van der Waals surface area (Å²) in [5.41, 5.74) is 3.61. The number of hydrogen-bond donors (Lipinski definition) is 0. The van der Waals surface area contributed by atoms with Crippen LogP contribution in [0.4, 0.5) is 0 Å². The molecule has 0 N–H and O–H groups in total. The van der Waals surface area contributed by atoms with Gasteiger partial charge >= 0.3 is 5.97 Å². The Morgan fingerprint density at radius 2 is 1.92 bits per heavy atom. The van der Waals surface area contributed by atoms with Crippen molar-refractivity contribution in [2.24, 2.45) is 4.99 Å². The third-order valence-electron chi connectivity index (χ3n) is 3.53. The van der Waals surface area contributed by atoms with E-state index in [0.29, 0.717) is 12.4 Å². The summed E-state index contributed by atoms with van der Waals surface area (Å²) in [5.74, 6) is 0.197.